The van der Waals surface area contributed by atoms with Crippen LogP contribution in [-0.4, -0.2) is 10.9 Å². The summed E-state index contributed by atoms with van der Waals surface area (Å²) in [5, 5.41) is 0.349. The lowest BCUT2D eigenvalue weighted by molar-refractivity contribution is -0.141. The zero-order chi connectivity index (χ0) is 13.7. The number of nitrogens with two attached hydrogens (primary N) is 2. The van der Waals surface area contributed by atoms with Crippen LogP contribution < -0.4 is 11.5 Å². The number of nitrogens with zero attached hydrogens (tertiary/aromatic N) is 1. The van der Waals surface area contributed by atoms with Crippen molar-refractivity contribution < 1.29 is 18.0 Å². The number of thiophene rings is 1. The first kappa shape index (κ1) is 12.6. The number of alkyl halides is 3. The molecule has 8 heteroatoms. The maximum atomic E-state index is 12.6. The van der Waals surface area contributed by atoms with E-state index in [9.17, 15) is 18.0 Å². The number of anilines is 1. The minimum atomic E-state index is -4.54. The van der Waals surface area contributed by atoms with Gasteiger partial charge in [-0.25, -0.2) is 4.98 Å². The second kappa shape index (κ2) is 3.84. The third-order valence-corrected chi connectivity index (χ3v) is 3.52. The van der Waals surface area contributed by atoms with E-state index in [1.807, 2.05) is 0 Å². The molecule has 0 aromatic carbocycles. The van der Waals surface area contributed by atoms with Crippen molar-refractivity contribution in [3.63, 3.8) is 0 Å². The molecule has 0 bridgehead atoms. The van der Waals surface area contributed by atoms with Gasteiger partial charge >= 0.3 is 6.18 Å². The van der Waals surface area contributed by atoms with Gasteiger partial charge in [0.15, 0.2) is 0 Å². The maximum absolute atomic E-state index is 12.6. The Hall–Kier alpha value is -1.83. The number of nitrogen functional groups attached to an aromatic ring is 1. The molecule has 2 aromatic rings. The average molecular weight is 275 g/mol. The summed E-state index contributed by atoms with van der Waals surface area (Å²) in [6.45, 7) is 1.48. The number of pyridine rings is 1. The van der Waals surface area contributed by atoms with Crippen molar-refractivity contribution in [2.24, 2.45) is 5.73 Å². The molecule has 2 heterocycles. The number of halogens is 3. The summed E-state index contributed by atoms with van der Waals surface area (Å²) < 4.78 is 37.7. The van der Waals surface area contributed by atoms with Gasteiger partial charge in [0.05, 0.1) is 5.69 Å². The van der Waals surface area contributed by atoms with Crippen LogP contribution in [0.3, 0.4) is 0 Å². The number of primary amides is 1. The van der Waals surface area contributed by atoms with E-state index in [0.717, 1.165) is 17.4 Å². The first-order chi connectivity index (χ1) is 8.21. The monoisotopic (exact) mass is 275 g/mol. The van der Waals surface area contributed by atoms with Crippen LogP contribution in [0.15, 0.2) is 6.07 Å². The van der Waals surface area contributed by atoms with Gasteiger partial charge in [0, 0.05) is 5.39 Å². The van der Waals surface area contributed by atoms with E-state index in [2.05, 4.69) is 4.98 Å². The van der Waals surface area contributed by atoms with Crippen molar-refractivity contribution in [2.75, 3.05) is 5.73 Å². The standard InChI is InChI=1S/C10H8F3N3OS/c1-3-2-4(10(11,12)13)16-9-5(3)6(14)7(18-9)8(15)17/h2H,14H2,1H3,(H2,15,17). The smallest absolute Gasteiger partial charge is 0.397 e. The highest BCUT2D eigenvalue weighted by molar-refractivity contribution is 7.21. The zero-order valence-corrected chi connectivity index (χ0v) is 9.95. The van der Waals surface area contributed by atoms with Crippen LogP contribution in [0, 0.1) is 6.92 Å². The van der Waals surface area contributed by atoms with Crippen LogP contribution in [0.25, 0.3) is 10.2 Å². The van der Waals surface area contributed by atoms with Gasteiger partial charge in [0.25, 0.3) is 5.91 Å². The van der Waals surface area contributed by atoms with Crippen LogP contribution >= 0.6 is 11.3 Å². The van der Waals surface area contributed by atoms with E-state index in [4.69, 9.17) is 11.5 Å². The number of amides is 1. The normalized spacial score (nSPS) is 12.0. The maximum Gasteiger partial charge on any atom is 0.433 e. The summed E-state index contributed by atoms with van der Waals surface area (Å²) in [5.74, 6) is -0.775. The van der Waals surface area contributed by atoms with E-state index in [1.165, 1.54) is 6.92 Å². The molecular formula is C10H8F3N3OS. The van der Waals surface area contributed by atoms with Crippen molar-refractivity contribution >= 4 is 33.1 Å². The lowest BCUT2D eigenvalue weighted by Gasteiger charge is -2.07. The number of aromatic nitrogens is 1. The van der Waals surface area contributed by atoms with Crippen molar-refractivity contribution in [1.82, 2.24) is 4.98 Å². The van der Waals surface area contributed by atoms with Crippen LogP contribution in [0.5, 0.6) is 0 Å². The van der Waals surface area contributed by atoms with Crippen LogP contribution in [-0.2, 0) is 6.18 Å². The predicted molar refractivity (Wildman–Crippen MR) is 62.3 cm³/mol. The Bertz CT molecular complexity index is 648. The number of fused-ring (bicyclic) bond motifs is 1. The summed E-state index contributed by atoms with van der Waals surface area (Å²) in [4.78, 5) is 14.7. The predicted octanol–water partition coefficient (Wildman–Crippen LogP) is 2.30. The second-order valence-electron chi connectivity index (χ2n) is 3.71. The third-order valence-electron chi connectivity index (χ3n) is 2.41. The van der Waals surface area contributed by atoms with Gasteiger partial charge in [-0.1, -0.05) is 0 Å². The van der Waals surface area contributed by atoms with Gasteiger partial charge in [-0.15, -0.1) is 11.3 Å². The fraction of sp³-hybridized carbons (Fsp3) is 0.200. The lowest BCUT2D eigenvalue weighted by Crippen LogP contribution is -2.10. The minimum Gasteiger partial charge on any atom is -0.397 e. The molecular weight excluding hydrogens is 267 g/mol. The minimum absolute atomic E-state index is 0.0277. The molecule has 0 fully saturated rings. The van der Waals surface area contributed by atoms with Gasteiger partial charge in [0.1, 0.15) is 15.4 Å². The van der Waals surface area contributed by atoms with Crippen molar-refractivity contribution in [3.8, 4) is 0 Å². The van der Waals surface area contributed by atoms with Gasteiger partial charge in [-0.05, 0) is 18.6 Å². The zero-order valence-electron chi connectivity index (χ0n) is 9.13. The Morgan fingerprint density at radius 2 is 2.06 bits per heavy atom. The molecule has 0 aliphatic heterocycles. The van der Waals surface area contributed by atoms with Gasteiger partial charge in [0.2, 0.25) is 0 Å². The number of aryl methyl sites for hydroxylation is 1. The number of carbonyl (C=O) groups is 1. The van der Waals surface area contributed by atoms with E-state index in [0.29, 0.717) is 10.9 Å². The molecule has 0 atom stereocenters. The fourth-order valence-corrected chi connectivity index (χ4v) is 2.66. The molecule has 2 rings (SSSR count). The van der Waals surface area contributed by atoms with E-state index in [1.54, 1.807) is 0 Å². The van der Waals surface area contributed by atoms with Crippen molar-refractivity contribution in [1.29, 1.82) is 0 Å². The number of carbonyl (C=O) groups excluding carboxylic acids is 1. The van der Waals surface area contributed by atoms with E-state index >= 15 is 0 Å². The molecule has 0 spiro atoms. The van der Waals surface area contributed by atoms with E-state index in [-0.39, 0.29) is 15.4 Å². The summed E-state index contributed by atoms with van der Waals surface area (Å²) in [6, 6.07) is 0.899. The summed E-state index contributed by atoms with van der Waals surface area (Å²) in [7, 11) is 0. The van der Waals surface area contributed by atoms with Gasteiger partial charge in [-0.3, -0.25) is 4.79 Å². The summed E-state index contributed by atoms with van der Waals surface area (Å²) in [5.41, 5.74) is 10.2. The number of hydrogen-bond donors (Lipinski definition) is 2. The molecule has 96 valence electrons. The molecule has 2 aromatic heterocycles. The van der Waals surface area contributed by atoms with Gasteiger partial charge in [-0.2, -0.15) is 13.2 Å². The van der Waals surface area contributed by atoms with E-state index < -0.39 is 17.8 Å². The third kappa shape index (κ3) is 1.88. The Morgan fingerprint density at radius 3 is 2.56 bits per heavy atom. The van der Waals surface area contributed by atoms with Crippen LogP contribution in [0.2, 0.25) is 0 Å². The Kier molecular flexibility index (Phi) is 2.69. The molecule has 0 aliphatic carbocycles. The lowest BCUT2D eigenvalue weighted by atomic mass is 10.1. The Morgan fingerprint density at radius 1 is 1.44 bits per heavy atom. The highest BCUT2D eigenvalue weighted by Gasteiger charge is 2.33. The Labute approximate surface area is 103 Å². The average Bonchev–Trinajstić information content (AvgIpc) is 2.55. The summed E-state index contributed by atoms with van der Waals surface area (Å²) in [6.07, 6.45) is -4.54. The number of rotatable bonds is 1. The molecule has 0 unspecified atom stereocenters. The molecule has 0 aliphatic rings. The number of hydrogen-bond acceptors (Lipinski definition) is 4. The van der Waals surface area contributed by atoms with Crippen molar-refractivity contribution in [3.05, 3.63) is 22.2 Å². The highest BCUT2D eigenvalue weighted by atomic mass is 32.1. The van der Waals surface area contributed by atoms with Gasteiger partial charge < -0.3 is 11.5 Å². The molecule has 0 saturated heterocycles. The fourth-order valence-electron chi connectivity index (χ4n) is 1.64. The van der Waals surface area contributed by atoms with Crippen LogP contribution in [0.4, 0.5) is 18.9 Å². The first-order valence-corrected chi connectivity index (χ1v) is 5.60. The molecule has 18 heavy (non-hydrogen) atoms. The molecule has 4 nitrogen and oxygen atoms in total. The molecule has 1 amide bonds. The largest absolute Gasteiger partial charge is 0.433 e. The molecule has 0 saturated carbocycles. The quantitative estimate of drug-likeness (QED) is 0.837. The summed E-state index contributed by atoms with van der Waals surface area (Å²) >= 11 is 0.766. The molecule has 0 radical (unpaired) electrons. The topological polar surface area (TPSA) is 82.0 Å². The highest BCUT2D eigenvalue weighted by Crippen LogP contribution is 2.37. The SMILES string of the molecule is Cc1cc(C(F)(F)F)nc2sc(C(N)=O)c(N)c12. The molecule has 4 N–H and O–H groups in total. The second-order valence-corrected chi connectivity index (χ2v) is 4.71. The van der Waals surface area contributed by atoms with Crippen molar-refractivity contribution in [2.45, 2.75) is 13.1 Å². The first-order valence-electron chi connectivity index (χ1n) is 4.78. The van der Waals surface area contributed by atoms with Crippen LogP contribution in [0.1, 0.15) is 20.9 Å². The Balaban J connectivity index is 2.79.